The first-order valence-electron chi connectivity index (χ1n) is 9.56. The first kappa shape index (κ1) is 19.4. The highest BCUT2D eigenvalue weighted by molar-refractivity contribution is 7.89. The van der Waals surface area contributed by atoms with E-state index in [9.17, 15) is 8.42 Å². The Bertz CT molecular complexity index is 944. The number of fused-ring (bicyclic) bond motifs is 1. The van der Waals surface area contributed by atoms with Crippen LogP contribution in [-0.4, -0.2) is 57.3 Å². The van der Waals surface area contributed by atoms with E-state index in [0.717, 1.165) is 23.2 Å². The van der Waals surface area contributed by atoms with Gasteiger partial charge in [0.25, 0.3) is 0 Å². The summed E-state index contributed by atoms with van der Waals surface area (Å²) in [7, 11) is 2.28. The SMILES string of the molecule is CN(C)c1ccc(C2C(S(=O)(=O)N3CCc4ccccc4C3)CON2C)cc1. The standard InChI is InChI=1S/C21H27N3O3S/c1-22(2)19-10-8-17(9-11-19)21-20(15-27-23(21)3)28(25,26)24-13-12-16-6-4-5-7-18(16)14-24/h4-11,20-21H,12-15H2,1-3H3. The minimum absolute atomic E-state index is 0.178. The van der Waals surface area contributed by atoms with Gasteiger partial charge in [0.1, 0.15) is 5.25 Å². The second-order valence-electron chi connectivity index (χ2n) is 7.71. The van der Waals surface area contributed by atoms with Crippen molar-refractivity contribution in [3.05, 3.63) is 65.2 Å². The van der Waals surface area contributed by atoms with Gasteiger partial charge in [-0.05, 0) is 35.2 Å². The number of benzene rings is 2. The average Bonchev–Trinajstić information content (AvgIpc) is 3.10. The first-order valence-corrected chi connectivity index (χ1v) is 11.1. The monoisotopic (exact) mass is 401 g/mol. The molecular weight excluding hydrogens is 374 g/mol. The lowest BCUT2D eigenvalue weighted by Crippen LogP contribution is -2.44. The quantitative estimate of drug-likeness (QED) is 0.788. The fourth-order valence-electron chi connectivity index (χ4n) is 4.12. The molecule has 150 valence electrons. The lowest BCUT2D eigenvalue weighted by Gasteiger charge is -2.32. The van der Waals surface area contributed by atoms with Gasteiger partial charge in [-0.3, -0.25) is 4.84 Å². The van der Waals surface area contributed by atoms with Crippen molar-refractivity contribution in [3.63, 3.8) is 0 Å². The Balaban J connectivity index is 1.61. The predicted octanol–water partition coefficient (Wildman–Crippen LogP) is 2.43. The first-order chi connectivity index (χ1) is 13.4. The molecule has 0 saturated carbocycles. The zero-order valence-corrected chi connectivity index (χ0v) is 17.4. The zero-order valence-electron chi connectivity index (χ0n) is 16.6. The Hall–Kier alpha value is -1.93. The van der Waals surface area contributed by atoms with Crippen LogP contribution in [0.3, 0.4) is 0 Å². The molecule has 4 rings (SSSR count). The molecule has 0 aromatic heterocycles. The van der Waals surface area contributed by atoms with Gasteiger partial charge in [0.15, 0.2) is 0 Å². The molecule has 28 heavy (non-hydrogen) atoms. The van der Waals surface area contributed by atoms with E-state index in [0.29, 0.717) is 13.1 Å². The number of rotatable bonds is 4. The summed E-state index contributed by atoms with van der Waals surface area (Å²) in [6.45, 7) is 1.13. The summed E-state index contributed by atoms with van der Waals surface area (Å²) >= 11 is 0. The molecule has 0 radical (unpaired) electrons. The van der Waals surface area contributed by atoms with Gasteiger partial charge in [-0.25, -0.2) is 8.42 Å². The molecule has 2 aliphatic heterocycles. The van der Waals surface area contributed by atoms with Crippen LogP contribution >= 0.6 is 0 Å². The molecule has 7 heteroatoms. The van der Waals surface area contributed by atoms with Crippen LogP contribution in [0.1, 0.15) is 22.7 Å². The van der Waals surface area contributed by atoms with Crippen molar-refractivity contribution in [2.75, 3.05) is 39.2 Å². The normalized spacial score (nSPS) is 23.5. The van der Waals surface area contributed by atoms with E-state index in [1.165, 1.54) is 5.56 Å². The van der Waals surface area contributed by atoms with Crippen molar-refractivity contribution in [3.8, 4) is 0 Å². The van der Waals surface area contributed by atoms with Gasteiger partial charge in [0.2, 0.25) is 10.0 Å². The van der Waals surface area contributed by atoms with Crippen LogP contribution in [0.25, 0.3) is 0 Å². The third kappa shape index (κ3) is 3.43. The summed E-state index contributed by atoms with van der Waals surface area (Å²) in [5, 5.41) is 1.07. The van der Waals surface area contributed by atoms with Crippen molar-refractivity contribution < 1.29 is 13.3 Å². The molecule has 0 bridgehead atoms. The van der Waals surface area contributed by atoms with Gasteiger partial charge >= 0.3 is 0 Å². The van der Waals surface area contributed by atoms with Crippen molar-refractivity contribution in [2.45, 2.75) is 24.3 Å². The molecule has 2 aromatic rings. The molecule has 2 aliphatic rings. The molecule has 2 unspecified atom stereocenters. The Morgan fingerprint density at radius 3 is 2.39 bits per heavy atom. The Morgan fingerprint density at radius 2 is 1.71 bits per heavy atom. The molecule has 1 fully saturated rings. The van der Waals surface area contributed by atoms with Crippen LogP contribution in [0, 0.1) is 0 Å². The number of hydrogen-bond donors (Lipinski definition) is 0. The number of sulfonamides is 1. The molecular formula is C21H27N3O3S. The molecule has 2 aromatic carbocycles. The Morgan fingerprint density at radius 1 is 1.04 bits per heavy atom. The topological polar surface area (TPSA) is 53.1 Å². The largest absolute Gasteiger partial charge is 0.378 e. The molecule has 0 spiro atoms. The summed E-state index contributed by atoms with van der Waals surface area (Å²) in [5.74, 6) is 0. The molecule has 1 saturated heterocycles. The molecule has 0 N–H and O–H groups in total. The third-order valence-corrected chi connectivity index (χ3v) is 7.97. The smallest absolute Gasteiger partial charge is 0.221 e. The Kier molecular flexibility index (Phi) is 5.18. The van der Waals surface area contributed by atoms with E-state index in [1.807, 2.05) is 68.5 Å². The van der Waals surface area contributed by atoms with Crippen LogP contribution in [0.15, 0.2) is 48.5 Å². The second-order valence-corrected chi connectivity index (χ2v) is 9.86. The van der Waals surface area contributed by atoms with Gasteiger partial charge in [-0.2, -0.15) is 9.37 Å². The van der Waals surface area contributed by atoms with E-state index < -0.39 is 15.3 Å². The zero-order chi connectivity index (χ0) is 19.9. The van der Waals surface area contributed by atoms with Gasteiger partial charge in [-0.1, -0.05) is 36.4 Å². The lowest BCUT2D eigenvalue weighted by atomic mass is 10.0. The van der Waals surface area contributed by atoms with Crippen molar-refractivity contribution in [1.29, 1.82) is 0 Å². The van der Waals surface area contributed by atoms with E-state index in [4.69, 9.17) is 4.84 Å². The molecule has 2 heterocycles. The number of hydroxylamine groups is 2. The van der Waals surface area contributed by atoms with E-state index in [-0.39, 0.29) is 12.6 Å². The van der Waals surface area contributed by atoms with Gasteiger partial charge < -0.3 is 4.90 Å². The van der Waals surface area contributed by atoms with Gasteiger partial charge in [0, 0.05) is 39.9 Å². The predicted molar refractivity (Wildman–Crippen MR) is 110 cm³/mol. The number of anilines is 1. The maximum absolute atomic E-state index is 13.5. The van der Waals surface area contributed by atoms with Crippen LogP contribution in [0.2, 0.25) is 0 Å². The fraction of sp³-hybridized carbons (Fsp3) is 0.429. The summed E-state index contributed by atoms with van der Waals surface area (Å²) in [5.41, 5.74) is 4.37. The summed E-state index contributed by atoms with van der Waals surface area (Å²) in [4.78, 5) is 7.70. The van der Waals surface area contributed by atoms with Crippen LogP contribution < -0.4 is 4.90 Å². The van der Waals surface area contributed by atoms with Crippen molar-refractivity contribution >= 4 is 15.7 Å². The molecule has 6 nitrogen and oxygen atoms in total. The van der Waals surface area contributed by atoms with Crippen LogP contribution in [0.4, 0.5) is 5.69 Å². The van der Waals surface area contributed by atoms with E-state index in [1.54, 1.807) is 9.37 Å². The van der Waals surface area contributed by atoms with Crippen molar-refractivity contribution in [2.24, 2.45) is 0 Å². The highest BCUT2D eigenvalue weighted by Gasteiger charge is 2.46. The summed E-state index contributed by atoms with van der Waals surface area (Å²) in [6.07, 6.45) is 0.751. The fourth-order valence-corrected chi connectivity index (χ4v) is 6.05. The number of nitrogens with zero attached hydrogens (tertiary/aromatic N) is 3. The molecule has 0 amide bonds. The van der Waals surface area contributed by atoms with Crippen LogP contribution in [0.5, 0.6) is 0 Å². The number of hydrogen-bond acceptors (Lipinski definition) is 5. The maximum Gasteiger partial charge on any atom is 0.221 e. The Labute approximate surface area is 167 Å². The van der Waals surface area contributed by atoms with Crippen LogP contribution in [-0.2, 0) is 27.8 Å². The van der Waals surface area contributed by atoms with E-state index in [2.05, 4.69) is 6.07 Å². The van der Waals surface area contributed by atoms with E-state index >= 15 is 0 Å². The minimum atomic E-state index is -3.50. The molecule has 2 atom stereocenters. The average molecular weight is 402 g/mol. The van der Waals surface area contributed by atoms with Crippen molar-refractivity contribution in [1.82, 2.24) is 9.37 Å². The minimum Gasteiger partial charge on any atom is -0.378 e. The lowest BCUT2D eigenvalue weighted by molar-refractivity contribution is -0.110. The highest BCUT2D eigenvalue weighted by Crippen LogP contribution is 2.36. The van der Waals surface area contributed by atoms with Gasteiger partial charge in [0.05, 0.1) is 12.6 Å². The maximum atomic E-state index is 13.5. The second kappa shape index (κ2) is 7.48. The third-order valence-electron chi connectivity index (χ3n) is 5.78. The molecule has 0 aliphatic carbocycles. The summed E-state index contributed by atoms with van der Waals surface area (Å²) < 4.78 is 28.7. The van der Waals surface area contributed by atoms with Gasteiger partial charge in [-0.15, -0.1) is 0 Å². The highest BCUT2D eigenvalue weighted by atomic mass is 32.2. The summed E-state index contributed by atoms with van der Waals surface area (Å²) in [6, 6.07) is 15.8.